The molecule has 1 heterocycles. The molecule has 0 bridgehead atoms. The molecule has 3 rings (SSSR count). The number of benzene rings is 1. The summed E-state index contributed by atoms with van der Waals surface area (Å²) in [6, 6.07) is 11.4. The monoisotopic (exact) mass is 370 g/mol. The lowest BCUT2D eigenvalue weighted by molar-refractivity contribution is -0.127. The summed E-state index contributed by atoms with van der Waals surface area (Å²) in [5.41, 5.74) is 1.44. The Morgan fingerprint density at radius 3 is 2.52 bits per heavy atom. The van der Waals surface area contributed by atoms with Crippen LogP contribution in [-0.4, -0.2) is 61.4 Å². The van der Waals surface area contributed by atoms with E-state index in [9.17, 15) is 4.79 Å². The largest absolute Gasteiger partial charge is 0.353 e. The van der Waals surface area contributed by atoms with Crippen LogP contribution in [0.1, 0.15) is 50.5 Å². The standard InChI is InChI=1S/C22H34N4O/c1-17-16-26(14-13-20(17)18-9-5-4-6-10-18)22(23-15-21(27)25(2)3)24-19-11-7-8-12-19/h4-6,9-10,17,19-20H,7-8,11-16H2,1-3H3,(H,23,24). The van der Waals surface area contributed by atoms with E-state index in [0.29, 0.717) is 17.9 Å². The Hall–Kier alpha value is -2.04. The lowest BCUT2D eigenvalue weighted by Gasteiger charge is -2.39. The maximum atomic E-state index is 12.0. The first kappa shape index (κ1) is 19.7. The van der Waals surface area contributed by atoms with Crippen LogP contribution in [0, 0.1) is 5.92 Å². The van der Waals surface area contributed by atoms with Crippen LogP contribution in [0.2, 0.25) is 0 Å². The Morgan fingerprint density at radius 1 is 1.19 bits per heavy atom. The van der Waals surface area contributed by atoms with Crippen molar-refractivity contribution >= 4 is 11.9 Å². The van der Waals surface area contributed by atoms with Crippen molar-refractivity contribution in [3.63, 3.8) is 0 Å². The van der Waals surface area contributed by atoms with E-state index < -0.39 is 0 Å². The van der Waals surface area contributed by atoms with Crippen molar-refractivity contribution in [2.45, 2.75) is 51.0 Å². The number of guanidine groups is 1. The summed E-state index contributed by atoms with van der Waals surface area (Å²) in [7, 11) is 3.57. The smallest absolute Gasteiger partial charge is 0.243 e. The van der Waals surface area contributed by atoms with E-state index in [0.717, 1.165) is 25.5 Å². The van der Waals surface area contributed by atoms with Crippen LogP contribution >= 0.6 is 0 Å². The first-order valence-corrected chi connectivity index (χ1v) is 10.4. The van der Waals surface area contributed by atoms with E-state index in [4.69, 9.17) is 4.99 Å². The van der Waals surface area contributed by atoms with Gasteiger partial charge in [-0.2, -0.15) is 0 Å². The number of nitrogens with zero attached hydrogens (tertiary/aromatic N) is 3. The number of hydrogen-bond donors (Lipinski definition) is 1. The minimum Gasteiger partial charge on any atom is -0.353 e. The van der Waals surface area contributed by atoms with Gasteiger partial charge >= 0.3 is 0 Å². The molecule has 1 amide bonds. The molecule has 0 aromatic heterocycles. The highest BCUT2D eigenvalue weighted by molar-refractivity contribution is 5.85. The lowest BCUT2D eigenvalue weighted by atomic mass is 9.82. The Balaban J connectivity index is 1.68. The normalized spacial score (nSPS) is 24.1. The highest BCUT2D eigenvalue weighted by atomic mass is 16.2. The molecular formula is C22H34N4O. The lowest BCUT2D eigenvalue weighted by Crippen LogP contribution is -2.50. The van der Waals surface area contributed by atoms with Crippen LogP contribution in [0.4, 0.5) is 0 Å². The predicted octanol–water partition coefficient (Wildman–Crippen LogP) is 3.09. The molecule has 1 N–H and O–H groups in total. The first-order valence-electron chi connectivity index (χ1n) is 10.4. The number of hydrogen-bond acceptors (Lipinski definition) is 2. The van der Waals surface area contributed by atoms with Crippen LogP contribution in [0.15, 0.2) is 35.3 Å². The van der Waals surface area contributed by atoms with Gasteiger partial charge in [-0.1, -0.05) is 50.1 Å². The predicted molar refractivity (Wildman–Crippen MR) is 111 cm³/mol. The highest BCUT2D eigenvalue weighted by Gasteiger charge is 2.30. The summed E-state index contributed by atoms with van der Waals surface area (Å²) in [6.45, 7) is 4.52. The third-order valence-electron chi connectivity index (χ3n) is 5.98. The molecular weight excluding hydrogens is 336 g/mol. The minimum atomic E-state index is 0.0490. The van der Waals surface area contributed by atoms with Gasteiger partial charge in [0.15, 0.2) is 5.96 Å². The van der Waals surface area contributed by atoms with Crippen molar-refractivity contribution in [1.82, 2.24) is 15.1 Å². The zero-order chi connectivity index (χ0) is 19.2. The molecule has 5 nitrogen and oxygen atoms in total. The molecule has 1 aromatic rings. The fraction of sp³-hybridized carbons (Fsp3) is 0.636. The van der Waals surface area contributed by atoms with Crippen molar-refractivity contribution in [3.05, 3.63) is 35.9 Å². The molecule has 0 spiro atoms. The van der Waals surface area contributed by atoms with E-state index in [-0.39, 0.29) is 12.5 Å². The number of amides is 1. The quantitative estimate of drug-likeness (QED) is 0.654. The molecule has 2 aliphatic rings. The van der Waals surface area contributed by atoms with Gasteiger partial charge in [0.1, 0.15) is 6.54 Å². The van der Waals surface area contributed by atoms with Gasteiger partial charge in [0.05, 0.1) is 0 Å². The minimum absolute atomic E-state index is 0.0490. The van der Waals surface area contributed by atoms with Gasteiger partial charge < -0.3 is 15.1 Å². The Morgan fingerprint density at radius 2 is 1.89 bits per heavy atom. The topological polar surface area (TPSA) is 47.9 Å². The molecule has 2 atom stereocenters. The third-order valence-corrected chi connectivity index (χ3v) is 5.98. The number of likely N-dealkylation sites (tertiary alicyclic amines) is 1. The van der Waals surface area contributed by atoms with Crippen molar-refractivity contribution in [1.29, 1.82) is 0 Å². The third kappa shape index (κ3) is 5.24. The molecule has 0 radical (unpaired) electrons. The van der Waals surface area contributed by atoms with E-state index in [1.165, 1.54) is 31.2 Å². The average Bonchev–Trinajstić information content (AvgIpc) is 3.18. The van der Waals surface area contributed by atoms with Crippen molar-refractivity contribution in [2.24, 2.45) is 10.9 Å². The van der Waals surface area contributed by atoms with Crippen LogP contribution < -0.4 is 5.32 Å². The Labute approximate surface area is 163 Å². The van der Waals surface area contributed by atoms with Crippen LogP contribution in [-0.2, 0) is 4.79 Å². The van der Waals surface area contributed by atoms with Crippen molar-refractivity contribution in [2.75, 3.05) is 33.7 Å². The molecule has 1 aromatic carbocycles. The highest BCUT2D eigenvalue weighted by Crippen LogP contribution is 2.32. The summed E-state index contributed by atoms with van der Waals surface area (Å²) in [5.74, 6) is 2.13. The van der Waals surface area contributed by atoms with Gasteiger partial charge in [0.25, 0.3) is 0 Å². The van der Waals surface area contributed by atoms with E-state index in [2.05, 4.69) is 47.5 Å². The summed E-state index contributed by atoms with van der Waals surface area (Å²) in [4.78, 5) is 20.7. The number of rotatable bonds is 4. The van der Waals surface area contributed by atoms with Crippen LogP contribution in [0.5, 0.6) is 0 Å². The fourth-order valence-corrected chi connectivity index (χ4v) is 4.31. The second kappa shape index (κ2) is 9.25. The summed E-state index contributed by atoms with van der Waals surface area (Å²) in [6.07, 6.45) is 6.10. The van der Waals surface area contributed by atoms with Crippen molar-refractivity contribution in [3.8, 4) is 0 Å². The molecule has 5 heteroatoms. The molecule has 1 aliphatic heterocycles. The number of likely N-dealkylation sites (N-methyl/N-ethyl adjacent to an activating group) is 1. The number of piperidine rings is 1. The van der Waals surface area contributed by atoms with Gasteiger partial charge in [-0.3, -0.25) is 4.79 Å². The van der Waals surface area contributed by atoms with E-state index in [1.54, 1.807) is 19.0 Å². The Bertz CT molecular complexity index is 637. The van der Waals surface area contributed by atoms with Gasteiger partial charge in [0.2, 0.25) is 5.91 Å². The van der Waals surface area contributed by atoms with Crippen LogP contribution in [0.3, 0.4) is 0 Å². The zero-order valence-corrected chi connectivity index (χ0v) is 17.0. The molecule has 2 unspecified atom stereocenters. The van der Waals surface area contributed by atoms with Gasteiger partial charge in [-0.25, -0.2) is 4.99 Å². The zero-order valence-electron chi connectivity index (χ0n) is 17.0. The van der Waals surface area contributed by atoms with E-state index in [1.807, 2.05) is 0 Å². The fourth-order valence-electron chi connectivity index (χ4n) is 4.31. The summed E-state index contributed by atoms with van der Waals surface area (Å²) >= 11 is 0. The molecule has 2 fully saturated rings. The maximum absolute atomic E-state index is 12.0. The molecule has 148 valence electrons. The van der Waals surface area contributed by atoms with Crippen LogP contribution in [0.25, 0.3) is 0 Å². The number of aliphatic imine (C=N–C) groups is 1. The number of nitrogens with one attached hydrogen (secondary N) is 1. The Kier molecular flexibility index (Phi) is 6.75. The molecule has 1 saturated heterocycles. The second-order valence-electron chi connectivity index (χ2n) is 8.28. The first-order chi connectivity index (χ1) is 13.0. The second-order valence-corrected chi connectivity index (χ2v) is 8.28. The summed E-state index contributed by atoms with van der Waals surface area (Å²) < 4.78 is 0. The molecule has 1 aliphatic carbocycles. The molecule has 27 heavy (non-hydrogen) atoms. The SMILES string of the molecule is CC1CN(C(=NCC(=O)N(C)C)NC2CCCC2)CCC1c1ccccc1. The maximum Gasteiger partial charge on any atom is 0.243 e. The number of carbonyl (C=O) groups is 1. The number of carbonyl (C=O) groups excluding carboxylic acids is 1. The van der Waals surface area contributed by atoms with Gasteiger partial charge in [0, 0.05) is 33.2 Å². The molecule has 1 saturated carbocycles. The summed E-state index contributed by atoms with van der Waals surface area (Å²) in [5, 5.41) is 3.66. The van der Waals surface area contributed by atoms with Gasteiger partial charge in [-0.05, 0) is 36.7 Å². The van der Waals surface area contributed by atoms with E-state index >= 15 is 0 Å². The average molecular weight is 371 g/mol. The van der Waals surface area contributed by atoms with Gasteiger partial charge in [-0.15, -0.1) is 0 Å². The van der Waals surface area contributed by atoms with Crippen molar-refractivity contribution < 1.29 is 4.79 Å².